The van der Waals surface area contributed by atoms with Crippen LogP contribution in [0.3, 0.4) is 0 Å². The summed E-state index contributed by atoms with van der Waals surface area (Å²) in [5, 5.41) is 16.6. The fourth-order valence-electron chi connectivity index (χ4n) is 6.55. The lowest BCUT2D eigenvalue weighted by Crippen LogP contribution is -2.56. The third kappa shape index (κ3) is 4.34. The monoisotopic (exact) mass is 485 g/mol. The fraction of sp³-hybridized carbons (Fsp3) is 0.615. The number of aromatic nitrogens is 1. The van der Waals surface area contributed by atoms with Crippen LogP contribution in [0.5, 0.6) is 0 Å². The van der Waals surface area contributed by atoms with Crippen molar-refractivity contribution in [3.8, 4) is 0 Å². The van der Waals surface area contributed by atoms with Crippen molar-refractivity contribution in [2.45, 2.75) is 75.2 Å². The predicted molar refractivity (Wildman–Crippen MR) is 131 cm³/mol. The lowest BCUT2D eigenvalue weighted by atomic mass is 9.91. The molecule has 1 saturated carbocycles. The third-order valence-electron chi connectivity index (χ3n) is 8.44. The van der Waals surface area contributed by atoms with Gasteiger partial charge in [0.1, 0.15) is 11.9 Å². The van der Waals surface area contributed by atoms with Crippen LogP contribution in [0.2, 0.25) is 0 Å². The molecule has 1 aromatic carbocycles. The molecule has 5 unspecified atom stereocenters. The molecule has 4 N–H and O–H groups in total. The van der Waals surface area contributed by atoms with Crippen LogP contribution in [-0.4, -0.2) is 88.7 Å². The van der Waals surface area contributed by atoms with Crippen molar-refractivity contribution in [1.82, 2.24) is 25.4 Å². The molecule has 0 bridgehead atoms. The summed E-state index contributed by atoms with van der Waals surface area (Å²) in [6.07, 6.45) is 7.67. The molecule has 1 aromatic heterocycles. The molecule has 8 nitrogen and oxygen atoms in total. The molecule has 3 aliphatic rings. The van der Waals surface area contributed by atoms with E-state index >= 15 is 0 Å². The van der Waals surface area contributed by atoms with Crippen LogP contribution >= 0.6 is 0 Å². The number of aliphatic hydroxyl groups is 1. The lowest BCUT2D eigenvalue weighted by molar-refractivity contribution is -0.138. The van der Waals surface area contributed by atoms with E-state index < -0.39 is 18.7 Å². The zero-order valence-electron chi connectivity index (χ0n) is 20.5. The number of nitrogens with zero attached hydrogens (tertiary/aromatic N) is 2. The van der Waals surface area contributed by atoms with Crippen molar-refractivity contribution < 1.29 is 19.1 Å². The normalized spacial score (nSPS) is 26.9. The van der Waals surface area contributed by atoms with E-state index in [1.165, 1.54) is 37.8 Å². The third-order valence-corrected chi connectivity index (χ3v) is 8.44. The molecule has 0 spiro atoms. The number of H-pyrrole nitrogens is 1. The SMILES string of the molecule is CNC(C)C(=O)NC(CO)C(=O)N1CCC2C1C(c1c[nH]c3cc(F)ccc13)CN2C1CCCC1. The Morgan fingerprint density at radius 1 is 1.26 bits per heavy atom. The highest BCUT2D eigenvalue weighted by Crippen LogP contribution is 2.45. The van der Waals surface area contributed by atoms with Gasteiger partial charge in [0.25, 0.3) is 0 Å². The van der Waals surface area contributed by atoms with Crippen molar-refractivity contribution in [3.05, 3.63) is 35.8 Å². The van der Waals surface area contributed by atoms with E-state index in [1.54, 1.807) is 14.0 Å². The van der Waals surface area contributed by atoms with E-state index in [0.717, 1.165) is 29.4 Å². The van der Waals surface area contributed by atoms with Crippen molar-refractivity contribution in [1.29, 1.82) is 0 Å². The Bertz CT molecular complexity index is 1080. The maximum Gasteiger partial charge on any atom is 0.247 e. The first kappa shape index (κ1) is 24.2. The number of carbonyl (C=O) groups is 2. The molecular weight excluding hydrogens is 449 g/mol. The number of aromatic amines is 1. The number of rotatable bonds is 7. The minimum atomic E-state index is -0.977. The second-order valence-corrected chi connectivity index (χ2v) is 10.3. The average Bonchev–Trinajstić information content (AvgIpc) is 3.65. The van der Waals surface area contributed by atoms with Gasteiger partial charge < -0.3 is 25.6 Å². The zero-order chi connectivity index (χ0) is 24.7. The number of fused-ring (bicyclic) bond motifs is 2. The highest BCUT2D eigenvalue weighted by Gasteiger charge is 2.53. The largest absolute Gasteiger partial charge is 0.394 e. The summed E-state index contributed by atoms with van der Waals surface area (Å²) in [6, 6.07) is 4.08. The molecule has 3 fully saturated rings. The van der Waals surface area contributed by atoms with E-state index in [9.17, 15) is 19.1 Å². The molecule has 1 aliphatic carbocycles. The molecule has 35 heavy (non-hydrogen) atoms. The molecule has 2 amide bonds. The number of hydrogen-bond donors (Lipinski definition) is 4. The summed E-state index contributed by atoms with van der Waals surface area (Å²) in [5.41, 5.74) is 1.86. The molecule has 0 radical (unpaired) electrons. The first-order chi connectivity index (χ1) is 16.9. The van der Waals surface area contributed by atoms with Gasteiger partial charge in [-0.25, -0.2) is 4.39 Å². The Labute approximate surface area is 205 Å². The Morgan fingerprint density at radius 2 is 2.03 bits per heavy atom. The highest BCUT2D eigenvalue weighted by molar-refractivity contribution is 5.90. The summed E-state index contributed by atoms with van der Waals surface area (Å²) >= 11 is 0. The van der Waals surface area contributed by atoms with Gasteiger partial charge in [0.15, 0.2) is 0 Å². The van der Waals surface area contributed by atoms with Crippen molar-refractivity contribution in [2.75, 3.05) is 26.7 Å². The summed E-state index contributed by atoms with van der Waals surface area (Å²) in [6.45, 7) is 2.71. The molecule has 2 aliphatic heterocycles. The van der Waals surface area contributed by atoms with Gasteiger partial charge in [-0.15, -0.1) is 0 Å². The van der Waals surface area contributed by atoms with Gasteiger partial charge in [0.2, 0.25) is 11.8 Å². The number of likely N-dealkylation sites (N-methyl/N-ethyl adjacent to an activating group) is 1. The molecule has 9 heteroatoms. The number of nitrogens with one attached hydrogen (secondary N) is 3. The Kier molecular flexibility index (Phi) is 6.83. The zero-order valence-corrected chi connectivity index (χ0v) is 20.5. The maximum absolute atomic E-state index is 13.8. The van der Waals surface area contributed by atoms with E-state index in [4.69, 9.17) is 0 Å². The minimum absolute atomic E-state index is 0.0557. The number of hydrogen-bond acceptors (Lipinski definition) is 5. The van der Waals surface area contributed by atoms with Crippen LogP contribution < -0.4 is 10.6 Å². The van der Waals surface area contributed by atoms with Crippen molar-refractivity contribution in [2.24, 2.45) is 0 Å². The van der Waals surface area contributed by atoms with Gasteiger partial charge in [0, 0.05) is 48.2 Å². The van der Waals surface area contributed by atoms with E-state index in [0.29, 0.717) is 12.6 Å². The van der Waals surface area contributed by atoms with Crippen LogP contribution in [0.15, 0.2) is 24.4 Å². The molecule has 2 aromatic rings. The van der Waals surface area contributed by atoms with Crippen LogP contribution in [0, 0.1) is 5.82 Å². The first-order valence-electron chi connectivity index (χ1n) is 12.8. The predicted octanol–water partition coefficient (Wildman–Crippen LogP) is 1.70. The number of amides is 2. The molecule has 190 valence electrons. The number of carbonyl (C=O) groups excluding carboxylic acids is 2. The molecule has 5 atom stereocenters. The first-order valence-corrected chi connectivity index (χ1v) is 12.8. The van der Waals surface area contributed by atoms with Crippen LogP contribution in [0.25, 0.3) is 10.9 Å². The van der Waals surface area contributed by atoms with E-state index in [-0.39, 0.29) is 35.6 Å². The fourth-order valence-corrected chi connectivity index (χ4v) is 6.55. The second-order valence-electron chi connectivity index (χ2n) is 10.3. The minimum Gasteiger partial charge on any atom is -0.394 e. The van der Waals surface area contributed by atoms with E-state index in [2.05, 4.69) is 20.5 Å². The molecule has 3 heterocycles. The summed E-state index contributed by atoms with van der Waals surface area (Å²) in [4.78, 5) is 33.8. The Balaban J connectivity index is 1.46. The number of likely N-dealkylation sites (tertiary alicyclic amines) is 2. The van der Waals surface area contributed by atoms with Crippen LogP contribution in [-0.2, 0) is 9.59 Å². The van der Waals surface area contributed by atoms with Gasteiger partial charge in [-0.3, -0.25) is 14.5 Å². The Morgan fingerprint density at radius 3 is 2.74 bits per heavy atom. The molecule has 5 rings (SSSR count). The van der Waals surface area contributed by atoms with Crippen molar-refractivity contribution >= 4 is 22.7 Å². The van der Waals surface area contributed by atoms with Crippen molar-refractivity contribution in [3.63, 3.8) is 0 Å². The van der Waals surface area contributed by atoms with Crippen LogP contribution in [0.1, 0.15) is 50.5 Å². The summed E-state index contributed by atoms with van der Waals surface area (Å²) in [7, 11) is 1.68. The lowest BCUT2D eigenvalue weighted by Gasteiger charge is -2.32. The van der Waals surface area contributed by atoms with Crippen LogP contribution in [0.4, 0.5) is 4.39 Å². The maximum atomic E-state index is 13.8. The molecule has 2 saturated heterocycles. The van der Waals surface area contributed by atoms with Gasteiger partial charge in [-0.05, 0) is 57.0 Å². The second kappa shape index (κ2) is 9.87. The van der Waals surface area contributed by atoms with Gasteiger partial charge in [-0.1, -0.05) is 12.8 Å². The van der Waals surface area contributed by atoms with Gasteiger partial charge in [-0.2, -0.15) is 0 Å². The van der Waals surface area contributed by atoms with E-state index in [1.807, 2.05) is 17.2 Å². The number of benzene rings is 1. The summed E-state index contributed by atoms with van der Waals surface area (Å²) in [5.74, 6) is -0.763. The van der Waals surface area contributed by atoms with Gasteiger partial charge in [0.05, 0.1) is 18.7 Å². The average molecular weight is 486 g/mol. The van der Waals surface area contributed by atoms with Gasteiger partial charge >= 0.3 is 0 Å². The number of halogens is 1. The highest BCUT2D eigenvalue weighted by atomic mass is 19.1. The smallest absolute Gasteiger partial charge is 0.247 e. The summed E-state index contributed by atoms with van der Waals surface area (Å²) < 4.78 is 13.8. The number of aliphatic hydroxyl groups excluding tert-OH is 1. The standard InChI is InChI=1S/C26H36FN5O3/c1-15(28-2)25(34)30-22(14-33)26(35)31-10-9-23-24(31)20(13-32(23)17-5-3-4-6-17)19-12-29-21-11-16(27)7-8-18(19)21/h7-8,11-12,15,17,20,22-24,28-29,33H,3-6,9-10,13-14H2,1-2H3,(H,30,34). The quantitative estimate of drug-likeness (QED) is 0.478. The topological polar surface area (TPSA) is 101 Å². The Hall–Kier alpha value is -2.49. The molecular formula is C26H36FN5O3.